The summed E-state index contributed by atoms with van der Waals surface area (Å²) in [6.07, 6.45) is 1.10. The molecule has 0 aliphatic carbocycles. The maximum absolute atomic E-state index is 6.20. The Morgan fingerprint density at radius 2 is 2.20 bits per heavy atom. The molecule has 2 aromatic carbocycles. The molecule has 0 radical (unpaired) electrons. The molecule has 1 aliphatic rings. The van der Waals surface area contributed by atoms with E-state index in [-0.39, 0.29) is 0 Å². The van der Waals surface area contributed by atoms with Gasteiger partial charge < -0.3 is 15.4 Å². The molecule has 0 unspecified atom stereocenters. The van der Waals surface area contributed by atoms with E-state index in [4.69, 9.17) is 16.3 Å². The molecule has 2 aromatic rings. The van der Waals surface area contributed by atoms with Gasteiger partial charge in [-0.2, -0.15) is 0 Å². The van der Waals surface area contributed by atoms with E-state index in [1.165, 1.54) is 16.8 Å². The van der Waals surface area contributed by atoms with Gasteiger partial charge in [-0.15, -0.1) is 0 Å². The monoisotopic (exact) mass is 288 g/mol. The summed E-state index contributed by atoms with van der Waals surface area (Å²) < 4.78 is 5.22. The smallest absolute Gasteiger partial charge is 0.121 e. The third-order valence-electron chi connectivity index (χ3n) is 3.58. The van der Waals surface area contributed by atoms with E-state index in [1.54, 1.807) is 7.11 Å². The summed E-state index contributed by atoms with van der Waals surface area (Å²) in [5.41, 5.74) is 4.81. The second-order valence-electron chi connectivity index (χ2n) is 4.83. The zero-order valence-corrected chi connectivity index (χ0v) is 12.1. The quantitative estimate of drug-likeness (QED) is 0.894. The van der Waals surface area contributed by atoms with Gasteiger partial charge in [0.2, 0.25) is 0 Å². The Morgan fingerprint density at radius 1 is 1.30 bits per heavy atom. The number of methoxy groups -OCH3 is 1. The van der Waals surface area contributed by atoms with E-state index in [9.17, 15) is 0 Å². The first kappa shape index (κ1) is 13.1. The van der Waals surface area contributed by atoms with Crippen molar-refractivity contribution >= 4 is 23.0 Å². The summed E-state index contributed by atoms with van der Waals surface area (Å²) in [6.45, 7) is 1.76. The molecule has 2 N–H and O–H groups in total. The van der Waals surface area contributed by atoms with Gasteiger partial charge in [-0.05, 0) is 29.7 Å². The van der Waals surface area contributed by atoms with Gasteiger partial charge in [0.1, 0.15) is 5.75 Å². The molecule has 0 amide bonds. The van der Waals surface area contributed by atoms with Crippen molar-refractivity contribution < 1.29 is 4.74 Å². The van der Waals surface area contributed by atoms with Gasteiger partial charge in [0.25, 0.3) is 0 Å². The first-order valence-electron chi connectivity index (χ1n) is 6.70. The van der Waals surface area contributed by atoms with Crippen LogP contribution in [0, 0.1) is 0 Å². The van der Waals surface area contributed by atoms with Gasteiger partial charge in [-0.1, -0.05) is 29.8 Å². The maximum atomic E-state index is 6.20. The average molecular weight is 289 g/mol. The van der Waals surface area contributed by atoms with Crippen molar-refractivity contribution in [1.29, 1.82) is 0 Å². The predicted octanol–water partition coefficient (Wildman–Crippen LogP) is 3.93. The first-order valence-corrected chi connectivity index (χ1v) is 7.08. The molecular weight excluding hydrogens is 272 g/mol. The van der Waals surface area contributed by atoms with Crippen molar-refractivity contribution in [3.8, 4) is 5.75 Å². The number of benzene rings is 2. The molecule has 0 spiro atoms. The summed E-state index contributed by atoms with van der Waals surface area (Å²) in [5, 5.41) is 7.53. The Kier molecular flexibility index (Phi) is 3.70. The SMILES string of the molecule is COc1ccc(Cl)c(NCc2cccc3c2NCC3)c1. The molecule has 20 heavy (non-hydrogen) atoms. The molecule has 3 rings (SSSR count). The van der Waals surface area contributed by atoms with Gasteiger partial charge in [-0.3, -0.25) is 0 Å². The van der Waals surface area contributed by atoms with Crippen LogP contribution in [0.5, 0.6) is 5.75 Å². The van der Waals surface area contributed by atoms with Crippen molar-refractivity contribution in [3.05, 3.63) is 52.5 Å². The molecule has 104 valence electrons. The summed E-state index contributed by atoms with van der Waals surface area (Å²) in [7, 11) is 1.65. The third kappa shape index (κ3) is 2.54. The van der Waals surface area contributed by atoms with E-state index in [2.05, 4.69) is 28.8 Å². The molecule has 3 nitrogen and oxygen atoms in total. The molecule has 0 bridgehead atoms. The highest BCUT2D eigenvalue weighted by Gasteiger charge is 2.13. The van der Waals surface area contributed by atoms with E-state index in [0.29, 0.717) is 5.02 Å². The van der Waals surface area contributed by atoms with Crippen LogP contribution in [-0.4, -0.2) is 13.7 Å². The summed E-state index contributed by atoms with van der Waals surface area (Å²) in [4.78, 5) is 0. The van der Waals surface area contributed by atoms with Crippen LogP contribution in [0.15, 0.2) is 36.4 Å². The Hall–Kier alpha value is -1.87. The Labute approximate surface area is 123 Å². The minimum atomic E-state index is 0.700. The molecular formula is C16H17ClN2O. The largest absolute Gasteiger partial charge is 0.497 e. The molecule has 0 atom stereocenters. The molecule has 0 saturated heterocycles. The van der Waals surface area contributed by atoms with Crippen LogP contribution in [0.25, 0.3) is 0 Å². The van der Waals surface area contributed by atoms with E-state index < -0.39 is 0 Å². The van der Waals surface area contributed by atoms with Crippen LogP contribution in [-0.2, 0) is 13.0 Å². The number of nitrogens with one attached hydrogen (secondary N) is 2. The molecule has 0 fully saturated rings. The van der Waals surface area contributed by atoms with Gasteiger partial charge in [-0.25, -0.2) is 0 Å². The van der Waals surface area contributed by atoms with Crippen molar-refractivity contribution in [2.75, 3.05) is 24.3 Å². The van der Waals surface area contributed by atoms with E-state index in [0.717, 1.165) is 30.9 Å². The summed E-state index contributed by atoms with van der Waals surface area (Å²) >= 11 is 6.20. The van der Waals surface area contributed by atoms with Crippen LogP contribution in [0.1, 0.15) is 11.1 Å². The molecule has 0 aromatic heterocycles. The van der Waals surface area contributed by atoms with Crippen LogP contribution in [0.3, 0.4) is 0 Å². The zero-order chi connectivity index (χ0) is 13.9. The number of hydrogen-bond acceptors (Lipinski definition) is 3. The molecule has 4 heteroatoms. The van der Waals surface area contributed by atoms with E-state index >= 15 is 0 Å². The lowest BCUT2D eigenvalue weighted by molar-refractivity contribution is 0.415. The molecule has 1 heterocycles. The van der Waals surface area contributed by atoms with Gasteiger partial charge in [0.15, 0.2) is 0 Å². The Balaban J connectivity index is 1.79. The van der Waals surface area contributed by atoms with Crippen LogP contribution in [0.2, 0.25) is 5.02 Å². The van der Waals surface area contributed by atoms with Gasteiger partial charge in [0, 0.05) is 24.8 Å². The number of rotatable bonds is 4. The minimum absolute atomic E-state index is 0.700. The highest BCUT2D eigenvalue weighted by atomic mass is 35.5. The van der Waals surface area contributed by atoms with Crippen LogP contribution < -0.4 is 15.4 Å². The lowest BCUT2D eigenvalue weighted by Crippen LogP contribution is -2.03. The van der Waals surface area contributed by atoms with Crippen LogP contribution in [0.4, 0.5) is 11.4 Å². The summed E-state index contributed by atoms with van der Waals surface area (Å²) in [5.74, 6) is 0.799. The number of anilines is 2. The third-order valence-corrected chi connectivity index (χ3v) is 3.91. The Bertz CT molecular complexity index is 628. The predicted molar refractivity (Wildman–Crippen MR) is 84.0 cm³/mol. The Morgan fingerprint density at radius 3 is 3.05 bits per heavy atom. The normalized spacial score (nSPS) is 12.7. The van der Waals surface area contributed by atoms with Crippen LogP contribution >= 0.6 is 11.6 Å². The molecule has 1 aliphatic heterocycles. The second-order valence-corrected chi connectivity index (χ2v) is 5.23. The number of ether oxygens (including phenoxy) is 1. The van der Waals surface area contributed by atoms with Gasteiger partial charge in [0.05, 0.1) is 17.8 Å². The van der Waals surface area contributed by atoms with Crippen molar-refractivity contribution in [2.45, 2.75) is 13.0 Å². The zero-order valence-electron chi connectivity index (χ0n) is 11.4. The van der Waals surface area contributed by atoms with E-state index in [1.807, 2.05) is 18.2 Å². The number of hydrogen-bond donors (Lipinski definition) is 2. The summed E-state index contributed by atoms with van der Waals surface area (Å²) in [6, 6.07) is 12.0. The van der Waals surface area contributed by atoms with Crippen molar-refractivity contribution in [1.82, 2.24) is 0 Å². The fourth-order valence-electron chi connectivity index (χ4n) is 2.52. The number of halogens is 1. The maximum Gasteiger partial charge on any atom is 0.121 e. The standard InChI is InChI=1S/C16H17ClN2O/c1-20-13-5-6-14(17)15(9-13)19-10-12-4-2-3-11-7-8-18-16(11)12/h2-6,9,18-19H,7-8,10H2,1H3. The first-order chi connectivity index (χ1) is 9.78. The van der Waals surface area contributed by atoms with Crippen molar-refractivity contribution in [3.63, 3.8) is 0 Å². The van der Waals surface area contributed by atoms with Gasteiger partial charge >= 0.3 is 0 Å². The number of para-hydroxylation sites is 1. The van der Waals surface area contributed by atoms with Crippen molar-refractivity contribution in [2.24, 2.45) is 0 Å². The highest BCUT2D eigenvalue weighted by molar-refractivity contribution is 6.33. The second kappa shape index (κ2) is 5.63. The highest BCUT2D eigenvalue weighted by Crippen LogP contribution is 2.30. The fraction of sp³-hybridized carbons (Fsp3) is 0.250. The average Bonchev–Trinajstić information content (AvgIpc) is 2.95. The lowest BCUT2D eigenvalue weighted by Gasteiger charge is -2.13. The number of fused-ring (bicyclic) bond motifs is 1. The topological polar surface area (TPSA) is 33.3 Å². The molecule has 0 saturated carbocycles. The fourth-order valence-corrected chi connectivity index (χ4v) is 2.70. The minimum Gasteiger partial charge on any atom is -0.497 e. The lowest BCUT2D eigenvalue weighted by atomic mass is 10.1.